The zero-order chi connectivity index (χ0) is 14.0. The number of carboxylic acid groups (broad SMARTS) is 1. The summed E-state index contributed by atoms with van der Waals surface area (Å²) in [5, 5.41) is 9.03. The first-order valence-electron chi connectivity index (χ1n) is 5.15. The minimum absolute atomic E-state index is 0.0770. The number of aromatic carboxylic acids is 1. The molecule has 0 aliphatic rings. The van der Waals surface area contributed by atoms with E-state index in [0.717, 1.165) is 0 Å². The molecule has 0 saturated carbocycles. The van der Waals surface area contributed by atoms with Crippen molar-refractivity contribution in [1.29, 1.82) is 4.78 Å². The van der Waals surface area contributed by atoms with E-state index in [0.29, 0.717) is 0 Å². The van der Waals surface area contributed by atoms with Crippen molar-refractivity contribution < 1.29 is 14.1 Å². The van der Waals surface area contributed by atoms with Gasteiger partial charge in [0, 0.05) is 6.20 Å². The normalized spacial score (nSPS) is 13.7. The molecule has 1 heterocycles. The van der Waals surface area contributed by atoms with Crippen LogP contribution < -0.4 is 0 Å². The summed E-state index contributed by atoms with van der Waals surface area (Å²) in [7, 11) is -3.21. The third kappa shape index (κ3) is 2.74. The highest BCUT2D eigenvalue weighted by molar-refractivity contribution is 7.92. The van der Waals surface area contributed by atoms with Gasteiger partial charge in [-0.05, 0) is 36.4 Å². The zero-order valence-electron chi connectivity index (χ0n) is 9.54. The number of carbonyl (C=O) groups is 1. The highest BCUT2D eigenvalue weighted by Gasteiger charge is 2.14. The maximum absolute atomic E-state index is 12.4. The minimum Gasteiger partial charge on any atom is -0.478 e. The van der Waals surface area contributed by atoms with E-state index in [4.69, 9.17) is 21.5 Å². The standard InChI is InChI=1S/C12H9ClN2O3S/c13-11-6-5-10(7-15-11)19(14,18)9-3-1-8(2-4-9)12(16)17/h1-7,14H,(H,16,17). The number of carboxylic acids is 1. The number of aromatic nitrogens is 1. The van der Waals surface area contributed by atoms with Gasteiger partial charge < -0.3 is 5.11 Å². The van der Waals surface area contributed by atoms with E-state index < -0.39 is 15.7 Å². The molecule has 0 amide bonds. The second-order valence-electron chi connectivity index (χ2n) is 3.70. The first kappa shape index (κ1) is 13.5. The Morgan fingerprint density at radius 2 is 1.74 bits per heavy atom. The Balaban J connectivity index is 2.44. The molecule has 2 rings (SSSR count). The third-order valence-electron chi connectivity index (χ3n) is 2.47. The van der Waals surface area contributed by atoms with Gasteiger partial charge in [0.1, 0.15) is 14.9 Å². The van der Waals surface area contributed by atoms with Crippen molar-refractivity contribution in [2.24, 2.45) is 0 Å². The van der Waals surface area contributed by atoms with Gasteiger partial charge in [-0.1, -0.05) is 11.6 Å². The van der Waals surface area contributed by atoms with Gasteiger partial charge in [-0.2, -0.15) is 0 Å². The zero-order valence-corrected chi connectivity index (χ0v) is 11.1. The van der Waals surface area contributed by atoms with Crippen molar-refractivity contribution in [3.8, 4) is 0 Å². The SMILES string of the molecule is N=S(=O)(c1ccc(C(=O)O)cc1)c1ccc(Cl)nc1. The Labute approximate surface area is 114 Å². The lowest BCUT2D eigenvalue weighted by molar-refractivity contribution is 0.0697. The molecule has 19 heavy (non-hydrogen) atoms. The molecule has 0 spiro atoms. The van der Waals surface area contributed by atoms with Crippen molar-refractivity contribution in [3.63, 3.8) is 0 Å². The lowest BCUT2D eigenvalue weighted by Gasteiger charge is -2.07. The first-order chi connectivity index (χ1) is 8.91. The Bertz CT molecular complexity index is 710. The van der Waals surface area contributed by atoms with Crippen molar-refractivity contribution in [3.05, 3.63) is 53.3 Å². The second-order valence-corrected chi connectivity index (χ2v) is 6.14. The molecule has 1 aromatic carbocycles. The molecule has 0 aliphatic carbocycles. The fraction of sp³-hybridized carbons (Fsp3) is 0. The van der Waals surface area contributed by atoms with Crippen LogP contribution in [-0.2, 0) is 9.73 Å². The third-order valence-corrected chi connectivity index (χ3v) is 4.53. The summed E-state index contributed by atoms with van der Waals surface area (Å²) in [6, 6.07) is 8.29. The molecule has 5 nitrogen and oxygen atoms in total. The van der Waals surface area contributed by atoms with Crippen LogP contribution in [0.1, 0.15) is 10.4 Å². The van der Waals surface area contributed by atoms with Gasteiger partial charge in [-0.25, -0.2) is 18.8 Å². The average molecular weight is 297 g/mol. The summed E-state index contributed by atoms with van der Waals surface area (Å²) >= 11 is 5.63. The number of pyridine rings is 1. The monoisotopic (exact) mass is 296 g/mol. The number of benzene rings is 1. The molecule has 1 atom stereocenters. The summed E-state index contributed by atoms with van der Waals surface area (Å²) in [5.74, 6) is -1.07. The molecular weight excluding hydrogens is 288 g/mol. The number of rotatable bonds is 3. The molecule has 1 aromatic heterocycles. The predicted molar refractivity (Wildman–Crippen MR) is 70.0 cm³/mol. The van der Waals surface area contributed by atoms with Crippen molar-refractivity contribution in [1.82, 2.24) is 4.98 Å². The molecule has 2 N–H and O–H groups in total. The van der Waals surface area contributed by atoms with Crippen LogP contribution in [0.2, 0.25) is 5.15 Å². The van der Waals surface area contributed by atoms with E-state index >= 15 is 0 Å². The van der Waals surface area contributed by atoms with E-state index in [1.54, 1.807) is 0 Å². The Kier molecular flexibility index (Phi) is 3.55. The smallest absolute Gasteiger partial charge is 0.335 e. The van der Waals surface area contributed by atoms with Crippen LogP contribution in [0.3, 0.4) is 0 Å². The molecule has 0 aliphatic heterocycles. The highest BCUT2D eigenvalue weighted by Crippen LogP contribution is 2.22. The fourth-order valence-corrected chi connectivity index (χ4v) is 2.82. The number of hydrogen-bond acceptors (Lipinski definition) is 4. The summed E-state index contributed by atoms with van der Waals surface area (Å²) in [6.07, 6.45) is 1.28. The maximum atomic E-state index is 12.4. The lowest BCUT2D eigenvalue weighted by atomic mass is 10.2. The van der Waals surface area contributed by atoms with Crippen LogP contribution in [0.5, 0.6) is 0 Å². The van der Waals surface area contributed by atoms with E-state index in [2.05, 4.69) is 4.98 Å². The number of nitrogens with one attached hydrogen (secondary N) is 1. The number of hydrogen-bond donors (Lipinski definition) is 2. The predicted octanol–water partition coefficient (Wildman–Crippen LogP) is 2.90. The summed E-state index contributed by atoms with van der Waals surface area (Å²) < 4.78 is 20.4. The van der Waals surface area contributed by atoms with Gasteiger partial charge in [-0.15, -0.1) is 0 Å². The fourth-order valence-electron chi connectivity index (χ4n) is 1.46. The van der Waals surface area contributed by atoms with E-state index in [-0.39, 0.29) is 20.5 Å². The van der Waals surface area contributed by atoms with Crippen LogP contribution >= 0.6 is 11.6 Å². The maximum Gasteiger partial charge on any atom is 0.335 e. The second kappa shape index (κ2) is 4.99. The largest absolute Gasteiger partial charge is 0.478 e. The molecule has 0 saturated heterocycles. The molecule has 98 valence electrons. The number of nitrogens with zero attached hydrogens (tertiary/aromatic N) is 1. The molecule has 7 heteroatoms. The summed E-state index contributed by atoms with van der Waals surface area (Å²) in [6.45, 7) is 0. The molecule has 0 bridgehead atoms. The molecule has 1 unspecified atom stereocenters. The molecule has 0 fully saturated rings. The Hall–Kier alpha value is -1.92. The Morgan fingerprint density at radius 3 is 2.21 bits per heavy atom. The highest BCUT2D eigenvalue weighted by atomic mass is 35.5. The minimum atomic E-state index is -3.21. The molecule has 0 radical (unpaired) electrons. The van der Waals surface area contributed by atoms with Crippen molar-refractivity contribution in [2.75, 3.05) is 0 Å². The lowest BCUT2D eigenvalue weighted by Crippen LogP contribution is -2.02. The van der Waals surface area contributed by atoms with E-state index in [9.17, 15) is 9.00 Å². The van der Waals surface area contributed by atoms with Crippen LogP contribution in [0.15, 0.2) is 52.4 Å². The average Bonchev–Trinajstić information content (AvgIpc) is 2.39. The van der Waals surface area contributed by atoms with Crippen molar-refractivity contribution >= 4 is 27.3 Å². The van der Waals surface area contributed by atoms with Crippen LogP contribution in [-0.4, -0.2) is 20.3 Å². The Morgan fingerprint density at radius 1 is 1.16 bits per heavy atom. The van der Waals surface area contributed by atoms with Gasteiger partial charge in [0.05, 0.1) is 15.4 Å². The van der Waals surface area contributed by atoms with Crippen LogP contribution in [0, 0.1) is 4.78 Å². The topological polar surface area (TPSA) is 91.1 Å². The molecule has 2 aromatic rings. The van der Waals surface area contributed by atoms with E-state index in [1.807, 2.05) is 0 Å². The van der Waals surface area contributed by atoms with Gasteiger partial charge >= 0.3 is 5.97 Å². The van der Waals surface area contributed by atoms with Gasteiger partial charge in [0.15, 0.2) is 0 Å². The van der Waals surface area contributed by atoms with Crippen LogP contribution in [0.4, 0.5) is 0 Å². The quantitative estimate of drug-likeness (QED) is 0.852. The van der Waals surface area contributed by atoms with Gasteiger partial charge in [0.25, 0.3) is 0 Å². The van der Waals surface area contributed by atoms with Gasteiger partial charge in [0.2, 0.25) is 0 Å². The molecular formula is C12H9ClN2O3S. The number of halogens is 1. The van der Waals surface area contributed by atoms with Crippen LogP contribution in [0.25, 0.3) is 0 Å². The van der Waals surface area contributed by atoms with Gasteiger partial charge in [-0.3, -0.25) is 0 Å². The van der Waals surface area contributed by atoms with E-state index in [1.165, 1.54) is 42.6 Å². The first-order valence-corrected chi connectivity index (χ1v) is 7.08. The summed E-state index contributed by atoms with van der Waals surface area (Å²) in [4.78, 5) is 15.0. The van der Waals surface area contributed by atoms with Crippen molar-refractivity contribution in [2.45, 2.75) is 9.79 Å². The summed E-state index contributed by atoms with van der Waals surface area (Å²) in [5.41, 5.74) is 0.0770.